The molecule has 0 N–H and O–H groups in total. The molecule has 2 aromatic rings. The predicted octanol–water partition coefficient (Wildman–Crippen LogP) is 1.33. The van der Waals surface area contributed by atoms with Crippen LogP contribution >= 0.6 is 0 Å². The van der Waals surface area contributed by atoms with Gasteiger partial charge in [-0.15, -0.1) is 0 Å². The smallest absolute Gasteiger partial charge is 0.285 e. The van der Waals surface area contributed by atoms with E-state index in [9.17, 15) is 4.79 Å². The van der Waals surface area contributed by atoms with E-state index < -0.39 is 0 Å². The molecule has 2 rings (SSSR count). The minimum Gasteiger partial charge on any atom is -0.285 e. The number of nitrogens with zero attached hydrogens (tertiary/aromatic N) is 4. The fourth-order valence-corrected chi connectivity index (χ4v) is 1.81. The summed E-state index contributed by atoms with van der Waals surface area (Å²) in [5.74, 6) is 0. The highest BCUT2D eigenvalue weighted by atomic mass is 16.2. The molecule has 1 aromatic carbocycles. The Morgan fingerprint density at radius 3 is 2.44 bits per heavy atom. The van der Waals surface area contributed by atoms with Gasteiger partial charge in [0.2, 0.25) is 0 Å². The van der Waals surface area contributed by atoms with Crippen LogP contribution in [0.4, 0.5) is 0 Å². The normalized spacial score (nSPS) is 11.1. The lowest BCUT2D eigenvalue weighted by atomic mass is 10.3. The Labute approximate surface area is 106 Å². The summed E-state index contributed by atoms with van der Waals surface area (Å²) >= 11 is 0. The van der Waals surface area contributed by atoms with Crippen molar-refractivity contribution in [3.63, 3.8) is 0 Å². The Kier molecular flexibility index (Phi) is 3.94. The van der Waals surface area contributed by atoms with Crippen LogP contribution in [-0.4, -0.2) is 32.3 Å². The van der Waals surface area contributed by atoms with Crippen molar-refractivity contribution in [3.8, 4) is 5.69 Å². The molecule has 0 radical (unpaired) electrons. The maximum Gasteiger partial charge on any atom is 0.351 e. The third kappa shape index (κ3) is 2.51. The Hall–Kier alpha value is -1.88. The molecule has 1 heterocycles. The first-order chi connectivity index (χ1) is 8.76. The Bertz CT molecular complexity index is 540. The molecule has 0 amide bonds. The summed E-state index contributed by atoms with van der Waals surface area (Å²) in [7, 11) is 0. The molecule has 0 aliphatic rings. The standard InChI is InChI=1S/C13H18N4O/c1-3-15(4-2)11-17-13(18)16(10-14-17)12-8-6-5-7-9-12/h5-10H,3-4,11H2,1-2H3. The topological polar surface area (TPSA) is 43.1 Å². The van der Waals surface area contributed by atoms with E-state index >= 15 is 0 Å². The molecule has 1 aromatic heterocycles. The average Bonchev–Trinajstić information content (AvgIpc) is 2.78. The van der Waals surface area contributed by atoms with Crippen molar-refractivity contribution in [1.82, 2.24) is 19.2 Å². The Morgan fingerprint density at radius 1 is 1.17 bits per heavy atom. The number of rotatable bonds is 5. The van der Waals surface area contributed by atoms with Gasteiger partial charge in [0.15, 0.2) is 0 Å². The Morgan fingerprint density at radius 2 is 1.83 bits per heavy atom. The predicted molar refractivity (Wildman–Crippen MR) is 70.7 cm³/mol. The van der Waals surface area contributed by atoms with Crippen molar-refractivity contribution in [2.45, 2.75) is 20.5 Å². The van der Waals surface area contributed by atoms with Crippen LogP contribution < -0.4 is 5.69 Å². The van der Waals surface area contributed by atoms with Crippen LogP contribution in [0.1, 0.15) is 13.8 Å². The number of aromatic nitrogens is 3. The first-order valence-electron chi connectivity index (χ1n) is 6.18. The second kappa shape index (κ2) is 5.64. The van der Waals surface area contributed by atoms with Gasteiger partial charge in [0.25, 0.3) is 0 Å². The number of hydrogen-bond acceptors (Lipinski definition) is 3. The lowest BCUT2D eigenvalue weighted by Crippen LogP contribution is -2.33. The molecule has 0 fully saturated rings. The molecular formula is C13H18N4O. The van der Waals surface area contributed by atoms with Gasteiger partial charge >= 0.3 is 5.69 Å². The molecule has 5 nitrogen and oxygen atoms in total. The van der Waals surface area contributed by atoms with Crippen molar-refractivity contribution < 1.29 is 0 Å². The molecule has 0 atom stereocenters. The third-order valence-corrected chi connectivity index (χ3v) is 3.00. The van der Waals surface area contributed by atoms with E-state index in [2.05, 4.69) is 23.8 Å². The molecule has 5 heteroatoms. The molecule has 0 unspecified atom stereocenters. The van der Waals surface area contributed by atoms with Crippen LogP contribution in [-0.2, 0) is 6.67 Å². The lowest BCUT2D eigenvalue weighted by molar-refractivity contribution is 0.225. The number of hydrogen-bond donors (Lipinski definition) is 0. The maximum absolute atomic E-state index is 12.2. The van der Waals surface area contributed by atoms with E-state index in [1.54, 1.807) is 10.9 Å². The summed E-state index contributed by atoms with van der Waals surface area (Å²) in [6.07, 6.45) is 1.57. The van der Waals surface area contributed by atoms with Gasteiger partial charge in [0.1, 0.15) is 6.33 Å². The monoisotopic (exact) mass is 246 g/mol. The van der Waals surface area contributed by atoms with Gasteiger partial charge in [-0.25, -0.2) is 9.36 Å². The third-order valence-electron chi connectivity index (χ3n) is 3.00. The highest BCUT2D eigenvalue weighted by molar-refractivity contribution is 5.30. The van der Waals surface area contributed by atoms with Crippen LogP contribution in [0.3, 0.4) is 0 Å². The summed E-state index contributed by atoms with van der Waals surface area (Å²) in [6.45, 7) is 6.49. The molecular weight excluding hydrogens is 228 g/mol. The minimum atomic E-state index is -0.104. The SMILES string of the molecule is CCN(CC)Cn1ncn(-c2ccccc2)c1=O. The second-order valence-corrected chi connectivity index (χ2v) is 4.06. The van der Waals surface area contributed by atoms with E-state index in [0.717, 1.165) is 18.8 Å². The van der Waals surface area contributed by atoms with Gasteiger partial charge in [-0.3, -0.25) is 4.90 Å². The van der Waals surface area contributed by atoms with E-state index in [1.807, 2.05) is 30.3 Å². The molecule has 0 aliphatic heterocycles. The maximum atomic E-state index is 12.2. The lowest BCUT2D eigenvalue weighted by Gasteiger charge is -2.16. The molecule has 0 aliphatic carbocycles. The highest BCUT2D eigenvalue weighted by Gasteiger charge is 2.08. The largest absolute Gasteiger partial charge is 0.351 e. The second-order valence-electron chi connectivity index (χ2n) is 4.06. The summed E-state index contributed by atoms with van der Waals surface area (Å²) in [5, 5.41) is 4.15. The zero-order valence-electron chi connectivity index (χ0n) is 10.8. The average molecular weight is 246 g/mol. The van der Waals surface area contributed by atoms with Crippen LogP contribution in [0.5, 0.6) is 0 Å². The highest BCUT2D eigenvalue weighted by Crippen LogP contribution is 2.02. The first kappa shape index (κ1) is 12.6. The summed E-state index contributed by atoms with van der Waals surface area (Å²) in [6, 6.07) is 9.53. The fraction of sp³-hybridized carbons (Fsp3) is 0.385. The van der Waals surface area contributed by atoms with E-state index in [1.165, 1.54) is 4.68 Å². The molecule has 96 valence electrons. The number of benzene rings is 1. The van der Waals surface area contributed by atoms with Gasteiger partial charge in [-0.1, -0.05) is 32.0 Å². The Balaban J connectivity index is 2.27. The van der Waals surface area contributed by atoms with Gasteiger partial charge < -0.3 is 0 Å². The van der Waals surface area contributed by atoms with Gasteiger partial charge in [-0.2, -0.15) is 9.78 Å². The first-order valence-corrected chi connectivity index (χ1v) is 6.18. The quantitative estimate of drug-likeness (QED) is 0.799. The molecule has 18 heavy (non-hydrogen) atoms. The summed E-state index contributed by atoms with van der Waals surface area (Å²) in [5.41, 5.74) is 0.737. The van der Waals surface area contributed by atoms with Crippen LogP contribution in [0.2, 0.25) is 0 Å². The van der Waals surface area contributed by atoms with E-state index in [0.29, 0.717) is 6.67 Å². The van der Waals surface area contributed by atoms with E-state index in [-0.39, 0.29) is 5.69 Å². The van der Waals surface area contributed by atoms with Crippen molar-refractivity contribution in [1.29, 1.82) is 0 Å². The van der Waals surface area contributed by atoms with Crippen molar-refractivity contribution in [2.24, 2.45) is 0 Å². The molecule has 0 bridgehead atoms. The van der Waals surface area contributed by atoms with Gasteiger partial charge in [0.05, 0.1) is 12.4 Å². The zero-order valence-corrected chi connectivity index (χ0v) is 10.8. The van der Waals surface area contributed by atoms with E-state index in [4.69, 9.17) is 0 Å². The van der Waals surface area contributed by atoms with Crippen molar-refractivity contribution >= 4 is 0 Å². The van der Waals surface area contributed by atoms with Crippen molar-refractivity contribution in [2.75, 3.05) is 13.1 Å². The van der Waals surface area contributed by atoms with Crippen LogP contribution in [0.25, 0.3) is 5.69 Å². The minimum absolute atomic E-state index is 0.104. The summed E-state index contributed by atoms with van der Waals surface area (Å²) < 4.78 is 3.05. The van der Waals surface area contributed by atoms with Crippen LogP contribution in [0, 0.1) is 0 Å². The van der Waals surface area contributed by atoms with Crippen molar-refractivity contribution in [3.05, 3.63) is 47.1 Å². The molecule has 0 spiro atoms. The summed E-state index contributed by atoms with van der Waals surface area (Å²) in [4.78, 5) is 14.3. The molecule has 0 saturated carbocycles. The number of para-hydroxylation sites is 1. The van der Waals surface area contributed by atoms with Gasteiger partial charge in [0, 0.05) is 0 Å². The molecule has 0 saturated heterocycles. The zero-order chi connectivity index (χ0) is 13.0. The van der Waals surface area contributed by atoms with Crippen LogP contribution in [0.15, 0.2) is 41.5 Å². The van der Waals surface area contributed by atoms with Gasteiger partial charge in [-0.05, 0) is 25.2 Å². The fourth-order valence-electron chi connectivity index (χ4n) is 1.81.